The van der Waals surface area contributed by atoms with Gasteiger partial charge in [-0.05, 0) is 45.2 Å². The lowest BCUT2D eigenvalue weighted by Gasteiger charge is -2.21. The summed E-state index contributed by atoms with van der Waals surface area (Å²) in [5.74, 6) is 0.828. The summed E-state index contributed by atoms with van der Waals surface area (Å²) < 4.78 is 0. The highest BCUT2D eigenvalue weighted by Gasteiger charge is 2.16. The van der Waals surface area contributed by atoms with Crippen molar-refractivity contribution in [3.63, 3.8) is 0 Å². The Morgan fingerprint density at radius 2 is 1.16 bits per heavy atom. The van der Waals surface area contributed by atoms with Gasteiger partial charge in [0.2, 0.25) is 0 Å². The Hall–Kier alpha value is -2.54. The predicted molar refractivity (Wildman–Crippen MR) is 110 cm³/mol. The van der Waals surface area contributed by atoms with Gasteiger partial charge in [-0.15, -0.1) is 0 Å². The Labute approximate surface area is 151 Å². The molecule has 0 aliphatic heterocycles. The highest BCUT2D eigenvalue weighted by molar-refractivity contribution is 5.78. The summed E-state index contributed by atoms with van der Waals surface area (Å²) in [6.07, 6.45) is 0. The fourth-order valence-electron chi connectivity index (χ4n) is 3.50. The minimum absolute atomic E-state index is 0.391. The predicted octanol–water partition coefficient (Wildman–Crippen LogP) is 6.85. The molecule has 0 aliphatic carbocycles. The van der Waals surface area contributed by atoms with E-state index in [-0.39, 0.29) is 0 Å². The molecule has 128 valence electrons. The lowest BCUT2D eigenvalue weighted by molar-refractivity contribution is 0.841. The van der Waals surface area contributed by atoms with E-state index >= 15 is 0 Å². The Morgan fingerprint density at radius 3 is 1.72 bits per heavy atom. The average Bonchev–Trinajstić information content (AvgIpc) is 2.61. The van der Waals surface area contributed by atoms with E-state index in [9.17, 15) is 0 Å². The highest BCUT2D eigenvalue weighted by Crippen LogP contribution is 2.38. The minimum Gasteiger partial charge on any atom is -0.398 e. The van der Waals surface area contributed by atoms with Crippen LogP contribution in [0.25, 0.3) is 22.3 Å². The van der Waals surface area contributed by atoms with E-state index in [0.717, 1.165) is 5.69 Å². The second-order valence-corrected chi connectivity index (χ2v) is 7.28. The van der Waals surface area contributed by atoms with E-state index in [1.807, 2.05) is 6.07 Å². The van der Waals surface area contributed by atoms with Crippen molar-refractivity contribution in [1.29, 1.82) is 0 Å². The van der Waals surface area contributed by atoms with Crippen LogP contribution >= 0.6 is 0 Å². The number of hydrogen-bond donors (Lipinski definition) is 1. The van der Waals surface area contributed by atoms with Crippen molar-refractivity contribution in [2.75, 3.05) is 5.73 Å². The van der Waals surface area contributed by atoms with Crippen LogP contribution in [0.15, 0.2) is 66.7 Å². The van der Waals surface area contributed by atoms with Gasteiger partial charge < -0.3 is 5.73 Å². The Kier molecular flexibility index (Phi) is 4.94. The third-order valence-corrected chi connectivity index (χ3v) is 4.82. The molecule has 3 rings (SSSR count). The molecule has 0 amide bonds. The number of rotatable bonds is 4. The zero-order valence-electron chi connectivity index (χ0n) is 15.6. The summed E-state index contributed by atoms with van der Waals surface area (Å²) in [5.41, 5.74) is 15.0. The zero-order chi connectivity index (χ0) is 18.0. The molecule has 0 saturated carbocycles. The van der Waals surface area contributed by atoms with E-state index in [4.69, 9.17) is 5.73 Å². The first-order chi connectivity index (χ1) is 12.0. The Balaban J connectivity index is 2.06. The number of benzene rings is 3. The van der Waals surface area contributed by atoms with Gasteiger partial charge in [0.1, 0.15) is 0 Å². The van der Waals surface area contributed by atoms with Gasteiger partial charge >= 0.3 is 0 Å². The molecule has 0 saturated heterocycles. The van der Waals surface area contributed by atoms with Crippen molar-refractivity contribution in [1.82, 2.24) is 0 Å². The van der Waals surface area contributed by atoms with Crippen molar-refractivity contribution in [3.8, 4) is 22.3 Å². The fourth-order valence-corrected chi connectivity index (χ4v) is 3.50. The van der Waals surface area contributed by atoms with Crippen LogP contribution in [0.5, 0.6) is 0 Å². The first-order valence-corrected chi connectivity index (χ1v) is 9.07. The molecule has 0 aliphatic rings. The highest BCUT2D eigenvalue weighted by atomic mass is 14.6. The number of nitrogen functional groups attached to an aromatic ring is 1. The van der Waals surface area contributed by atoms with Gasteiger partial charge in [0.05, 0.1) is 0 Å². The molecule has 0 radical (unpaired) electrons. The Bertz CT molecular complexity index is 843. The van der Waals surface area contributed by atoms with Crippen LogP contribution in [-0.4, -0.2) is 0 Å². The van der Waals surface area contributed by atoms with Crippen molar-refractivity contribution < 1.29 is 0 Å². The molecule has 3 aromatic rings. The van der Waals surface area contributed by atoms with Crippen LogP contribution in [0.2, 0.25) is 0 Å². The lowest BCUT2D eigenvalue weighted by Crippen LogP contribution is -2.05. The summed E-state index contributed by atoms with van der Waals surface area (Å²) in [5, 5.41) is 0. The molecule has 2 N–H and O–H groups in total. The molecule has 1 heteroatoms. The topological polar surface area (TPSA) is 26.0 Å². The molecular formula is C24H27N. The fraction of sp³-hybridized carbons (Fsp3) is 0.250. The van der Waals surface area contributed by atoms with Crippen LogP contribution in [0, 0.1) is 0 Å². The van der Waals surface area contributed by atoms with Crippen LogP contribution in [0.4, 0.5) is 5.69 Å². The quantitative estimate of drug-likeness (QED) is 0.520. The number of anilines is 1. The third kappa shape index (κ3) is 3.46. The van der Waals surface area contributed by atoms with Crippen molar-refractivity contribution in [2.45, 2.75) is 39.5 Å². The zero-order valence-corrected chi connectivity index (χ0v) is 15.6. The van der Waals surface area contributed by atoms with Gasteiger partial charge in [-0.1, -0.05) is 94.4 Å². The summed E-state index contributed by atoms with van der Waals surface area (Å²) >= 11 is 0. The molecule has 0 spiro atoms. The maximum absolute atomic E-state index is 6.54. The number of hydrogen-bond acceptors (Lipinski definition) is 1. The SMILES string of the molecule is CC(C)c1ccc(-c2ccc(-c3ccccc3)cc2)c(C(C)C)c1N. The molecule has 3 aromatic carbocycles. The van der Waals surface area contributed by atoms with Crippen LogP contribution in [0.1, 0.15) is 50.7 Å². The van der Waals surface area contributed by atoms with Gasteiger partial charge in [0.25, 0.3) is 0 Å². The lowest BCUT2D eigenvalue weighted by atomic mass is 9.86. The van der Waals surface area contributed by atoms with E-state index in [2.05, 4.69) is 88.4 Å². The minimum atomic E-state index is 0.391. The Morgan fingerprint density at radius 1 is 0.600 bits per heavy atom. The van der Waals surface area contributed by atoms with Crippen molar-refractivity contribution in [2.24, 2.45) is 0 Å². The molecule has 0 bridgehead atoms. The smallest absolute Gasteiger partial charge is 0.0390 e. The average molecular weight is 329 g/mol. The molecule has 0 fully saturated rings. The largest absolute Gasteiger partial charge is 0.398 e. The maximum atomic E-state index is 6.54. The molecule has 1 nitrogen and oxygen atoms in total. The van der Waals surface area contributed by atoms with Gasteiger partial charge in [0.15, 0.2) is 0 Å². The standard InChI is InChI=1S/C24H27N/c1-16(2)21-14-15-22(23(17(3)4)24(21)25)20-12-10-19(11-13-20)18-8-6-5-7-9-18/h5-17H,25H2,1-4H3. The molecule has 0 atom stereocenters. The maximum Gasteiger partial charge on any atom is 0.0390 e. The van der Waals surface area contributed by atoms with Crippen LogP contribution < -0.4 is 5.73 Å². The monoisotopic (exact) mass is 329 g/mol. The van der Waals surface area contributed by atoms with Gasteiger partial charge in [-0.2, -0.15) is 0 Å². The molecule has 25 heavy (non-hydrogen) atoms. The second-order valence-electron chi connectivity index (χ2n) is 7.28. The molecule has 0 aromatic heterocycles. The summed E-state index contributed by atoms with van der Waals surface area (Å²) in [6, 6.07) is 23.7. The normalized spacial score (nSPS) is 11.3. The van der Waals surface area contributed by atoms with Crippen molar-refractivity contribution >= 4 is 5.69 Å². The van der Waals surface area contributed by atoms with Crippen molar-refractivity contribution in [3.05, 3.63) is 77.9 Å². The first-order valence-electron chi connectivity index (χ1n) is 9.07. The van der Waals surface area contributed by atoms with Crippen LogP contribution in [-0.2, 0) is 0 Å². The van der Waals surface area contributed by atoms with Gasteiger partial charge in [-0.25, -0.2) is 0 Å². The summed E-state index contributed by atoms with van der Waals surface area (Å²) in [7, 11) is 0. The first kappa shape index (κ1) is 17.3. The van der Waals surface area contributed by atoms with Gasteiger partial charge in [-0.3, -0.25) is 0 Å². The second kappa shape index (κ2) is 7.14. The molecule has 0 unspecified atom stereocenters. The third-order valence-electron chi connectivity index (χ3n) is 4.82. The molecular weight excluding hydrogens is 302 g/mol. The summed E-state index contributed by atoms with van der Waals surface area (Å²) in [6.45, 7) is 8.84. The summed E-state index contributed by atoms with van der Waals surface area (Å²) in [4.78, 5) is 0. The van der Waals surface area contributed by atoms with E-state index in [1.165, 1.54) is 33.4 Å². The van der Waals surface area contributed by atoms with Crippen LogP contribution in [0.3, 0.4) is 0 Å². The van der Waals surface area contributed by atoms with E-state index in [1.54, 1.807) is 0 Å². The van der Waals surface area contributed by atoms with E-state index < -0.39 is 0 Å². The van der Waals surface area contributed by atoms with Gasteiger partial charge in [0, 0.05) is 5.69 Å². The number of nitrogens with two attached hydrogens (primary N) is 1. The van der Waals surface area contributed by atoms with E-state index in [0.29, 0.717) is 11.8 Å². The molecule has 0 heterocycles.